The lowest BCUT2D eigenvalue weighted by atomic mass is 10.4. The van der Waals surface area contributed by atoms with Crippen LogP contribution >= 0.6 is 11.3 Å². The Bertz CT molecular complexity index is 292. The minimum Gasteiger partial charge on any atom is -0.450 e. The van der Waals surface area contributed by atoms with Gasteiger partial charge >= 0.3 is 6.16 Å². The quantitative estimate of drug-likeness (QED) is 0.647. The molecule has 1 rings (SSSR count). The first-order chi connectivity index (χ1) is 6.06. The lowest BCUT2D eigenvalue weighted by Gasteiger charge is -1.76. The van der Waals surface area contributed by atoms with E-state index in [9.17, 15) is 0 Å². The fraction of sp³-hybridized carbons (Fsp3) is 0.143. The second-order valence-corrected chi connectivity index (χ2v) is 2.78. The number of hydrogen-bond acceptors (Lipinski definition) is 4. The zero-order valence-corrected chi connectivity index (χ0v) is 7.78. The van der Waals surface area contributed by atoms with Gasteiger partial charge in [0, 0.05) is 5.38 Å². The normalized spacial score (nSPS) is 9.31. The summed E-state index contributed by atoms with van der Waals surface area (Å²) in [5, 5.41) is 16.5. The first-order valence-electron chi connectivity index (χ1n) is 3.32. The molecule has 4 N–H and O–H groups in total. The molecule has 0 spiro atoms. The van der Waals surface area contributed by atoms with Crippen LogP contribution in [0.5, 0.6) is 0 Å². The molecule has 1 aromatic heterocycles. The van der Waals surface area contributed by atoms with E-state index in [1.54, 1.807) is 0 Å². The summed E-state index contributed by atoms with van der Waals surface area (Å²) in [5.74, 6) is 0. The molecule has 0 aromatic carbocycles. The lowest BCUT2D eigenvalue weighted by Crippen LogP contribution is -1.81. The third-order valence-electron chi connectivity index (χ3n) is 0.877. The van der Waals surface area contributed by atoms with Crippen LogP contribution in [0.1, 0.15) is 12.6 Å². The molecule has 13 heavy (non-hydrogen) atoms. The Morgan fingerprint density at radius 3 is 2.54 bits per heavy atom. The molecule has 0 radical (unpaired) electrons. The summed E-state index contributed by atoms with van der Waals surface area (Å²) in [6.45, 7) is 1.95. The molecule has 6 heteroatoms. The Kier molecular flexibility index (Phi) is 5.29. The number of aromatic nitrogens is 1. The fourth-order valence-corrected chi connectivity index (χ4v) is 1.08. The molecule has 0 unspecified atom stereocenters. The van der Waals surface area contributed by atoms with Crippen LogP contribution in [0, 0.1) is 0 Å². The van der Waals surface area contributed by atoms with Crippen LogP contribution in [0.15, 0.2) is 11.5 Å². The van der Waals surface area contributed by atoms with Crippen molar-refractivity contribution >= 4 is 28.7 Å². The van der Waals surface area contributed by atoms with E-state index in [0.717, 1.165) is 5.69 Å². The Balaban J connectivity index is 0.000000310. The van der Waals surface area contributed by atoms with Crippen molar-refractivity contribution in [2.45, 2.75) is 6.92 Å². The SMILES string of the molecule is C/C=C\c1csc(N)n1.O=C(O)O. The second kappa shape index (κ2) is 6.01. The maximum absolute atomic E-state index is 8.56. The van der Waals surface area contributed by atoms with Crippen LogP contribution in [0.2, 0.25) is 0 Å². The standard InChI is InChI=1S/C6H8N2S.CH2O3/c1-2-3-5-4-9-6(7)8-5;2-1(3)4/h2-4H,1H3,(H2,7,8);(H2,2,3,4)/b3-2-;. The van der Waals surface area contributed by atoms with Crippen LogP contribution in [-0.4, -0.2) is 21.4 Å². The maximum Gasteiger partial charge on any atom is 0.503 e. The molecule has 1 heterocycles. The summed E-state index contributed by atoms with van der Waals surface area (Å²) in [6, 6.07) is 0. The summed E-state index contributed by atoms with van der Waals surface area (Å²) in [6.07, 6.45) is 2.03. The predicted molar refractivity (Wildman–Crippen MR) is 51.9 cm³/mol. The van der Waals surface area contributed by atoms with Gasteiger partial charge in [0.1, 0.15) is 0 Å². The van der Waals surface area contributed by atoms with Crippen molar-refractivity contribution in [2.24, 2.45) is 0 Å². The van der Waals surface area contributed by atoms with E-state index >= 15 is 0 Å². The van der Waals surface area contributed by atoms with Gasteiger partial charge in [-0.15, -0.1) is 11.3 Å². The fourth-order valence-electron chi connectivity index (χ4n) is 0.548. The van der Waals surface area contributed by atoms with E-state index in [1.165, 1.54) is 11.3 Å². The van der Waals surface area contributed by atoms with Gasteiger partial charge in [-0.3, -0.25) is 0 Å². The molecule has 0 aliphatic rings. The number of carboxylic acid groups (broad SMARTS) is 2. The molecule has 0 saturated carbocycles. The first-order valence-corrected chi connectivity index (χ1v) is 4.19. The number of nitrogens with zero attached hydrogens (tertiary/aromatic N) is 1. The molecule has 0 aliphatic heterocycles. The van der Waals surface area contributed by atoms with Crippen molar-refractivity contribution in [2.75, 3.05) is 5.73 Å². The molecule has 72 valence electrons. The van der Waals surface area contributed by atoms with Crippen molar-refractivity contribution in [3.63, 3.8) is 0 Å². The minimum atomic E-state index is -1.83. The first kappa shape index (κ1) is 11.4. The van der Waals surface area contributed by atoms with Gasteiger partial charge in [-0.2, -0.15) is 0 Å². The number of hydrogen-bond donors (Lipinski definition) is 3. The smallest absolute Gasteiger partial charge is 0.450 e. The Morgan fingerprint density at radius 1 is 1.69 bits per heavy atom. The third-order valence-corrected chi connectivity index (χ3v) is 1.57. The molecular weight excluding hydrogens is 192 g/mol. The second-order valence-electron chi connectivity index (χ2n) is 1.89. The highest BCUT2D eigenvalue weighted by atomic mass is 32.1. The van der Waals surface area contributed by atoms with E-state index in [2.05, 4.69) is 4.98 Å². The summed E-state index contributed by atoms with van der Waals surface area (Å²) in [4.78, 5) is 12.6. The Morgan fingerprint density at radius 2 is 2.23 bits per heavy atom. The lowest BCUT2D eigenvalue weighted by molar-refractivity contribution is 0.137. The predicted octanol–water partition coefficient (Wildman–Crippen LogP) is 1.98. The van der Waals surface area contributed by atoms with Gasteiger partial charge in [0.2, 0.25) is 0 Å². The van der Waals surface area contributed by atoms with Crippen LogP contribution < -0.4 is 5.73 Å². The molecule has 0 bridgehead atoms. The van der Waals surface area contributed by atoms with Gasteiger partial charge in [0.25, 0.3) is 0 Å². The van der Waals surface area contributed by atoms with Crippen LogP contribution in [-0.2, 0) is 0 Å². The molecular formula is C7H10N2O3S. The number of allylic oxidation sites excluding steroid dienone is 1. The molecule has 0 saturated heterocycles. The van der Waals surface area contributed by atoms with E-state index in [0.29, 0.717) is 5.13 Å². The van der Waals surface area contributed by atoms with E-state index in [-0.39, 0.29) is 0 Å². The van der Waals surface area contributed by atoms with Crippen molar-refractivity contribution in [1.29, 1.82) is 0 Å². The van der Waals surface area contributed by atoms with E-state index in [4.69, 9.17) is 20.7 Å². The molecule has 1 aromatic rings. The van der Waals surface area contributed by atoms with Gasteiger partial charge in [-0.05, 0) is 13.0 Å². The summed E-state index contributed by atoms with van der Waals surface area (Å²) >= 11 is 1.46. The highest BCUT2D eigenvalue weighted by Gasteiger charge is 1.90. The average molecular weight is 202 g/mol. The largest absolute Gasteiger partial charge is 0.503 e. The highest BCUT2D eigenvalue weighted by molar-refractivity contribution is 7.13. The number of carbonyl (C=O) groups is 1. The van der Waals surface area contributed by atoms with E-state index in [1.807, 2.05) is 24.5 Å². The Hall–Kier alpha value is -1.56. The van der Waals surface area contributed by atoms with Crippen molar-refractivity contribution < 1.29 is 15.0 Å². The van der Waals surface area contributed by atoms with Gasteiger partial charge < -0.3 is 15.9 Å². The van der Waals surface area contributed by atoms with Crippen LogP contribution in [0.25, 0.3) is 6.08 Å². The molecule has 5 nitrogen and oxygen atoms in total. The average Bonchev–Trinajstić information content (AvgIpc) is 2.35. The van der Waals surface area contributed by atoms with Crippen molar-refractivity contribution in [1.82, 2.24) is 4.98 Å². The topological polar surface area (TPSA) is 96.4 Å². The number of thiazole rings is 1. The van der Waals surface area contributed by atoms with Gasteiger partial charge in [-0.1, -0.05) is 6.08 Å². The van der Waals surface area contributed by atoms with Gasteiger partial charge in [-0.25, -0.2) is 9.78 Å². The van der Waals surface area contributed by atoms with Crippen LogP contribution in [0.4, 0.5) is 9.93 Å². The zero-order chi connectivity index (χ0) is 10.3. The zero-order valence-electron chi connectivity index (χ0n) is 6.97. The highest BCUT2D eigenvalue weighted by Crippen LogP contribution is 2.11. The number of rotatable bonds is 1. The molecule has 0 amide bonds. The van der Waals surface area contributed by atoms with Crippen LogP contribution in [0.3, 0.4) is 0 Å². The van der Waals surface area contributed by atoms with Crippen molar-refractivity contribution in [3.05, 3.63) is 17.2 Å². The Labute approximate surface area is 79.2 Å². The minimum absolute atomic E-state index is 0.628. The summed E-state index contributed by atoms with van der Waals surface area (Å²) < 4.78 is 0. The maximum atomic E-state index is 8.56. The summed E-state index contributed by atoms with van der Waals surface area (Å²) in [7, 11) is 0. The molecule has 0 atom stereocenters. The number of nitrogen functional groups attached to an aromatic ring is 1. The molecule has 0 aliphatic carbocycles. The third kappa shape index (κ3) is 6.82. The number of nitrogens with two attached hydrogens (primary N) is 1. The summed E-state index contributed by atoms with van der Waals surface area (Å²) in [5.41, 5.74) is 6.33. The van der Waals surface area contributed by atoms with E-state index < -0.39 is 6.16 Å². The molecule has 0 fully saturated rings. The number of anilines is 1. The van der Waals surface area contributed by atoms with Crippen molar-refractivity contribution in [3.8, 4) is 0 Å². The van der Waals surface area contributed by atoms with Gasteiger partial charge in [0.05, 0.1) is 5.69 Å². The van der Waals surface area contributed by atoms with Gasteiger partial charge in [0.15, 0.2) is 5.13 Å². The monoisotopic (exact) mass is 202 g/mol.